The van der Waals surface area contributed by atoms with Crippen LogP contribution in [0.4, 0.5) is 5.69 Å². The number of halogens is 2. The predicted octanol–water partition coefficient (Wildman–Crippen LogP) is 2.76. The molecule has 5 nitrogen and oxygen atoms in total. The Morgan fingerprint density at radius 1 is 1.12 bits per heavy atom. The monoisotopic (exact) mass is 455 g/mol. The molecule has 3 aliphatic rings. The number of esters is 1. The Bertz CT molecular complexity index is 720. The third-order valence-electron chi connectivity index (χ3n) is 5.51. The van der Waals surface area contributed by atoms with Gasteiger partial charge in [0.05, 0.1) is 30.2 Å². The smallest absolute Gasteiger partial charge is 0.337 e. The Balaban J connectivity index is 1.70. The summed E-state index contributed by atoms with van der Waals surface area (Å²) in [6.45, 7) is 0. The SMILES string of the molecule is COC(=O)c1cccc(N2C(=O)[C@H]3[C@@H]4C[C@@H]([C@@H](Br)[C@H]4Br)[C@@H]3C2=O)c1. The van der Waals surface area contributed by atoms with E-state index in [1.165, 1.54) is 12.0 Å². The van der Waals surface area contributed by atoms with Crippen LogP contribution in [0, 0.1) is 23.7 Å². The van der Waals surface area contributed by atoms with Crippen molar-refractivity contribution in [3.05, 3.63) is 29.8 Å². The fourth-order valence-electron chi connectivity index (χ4n) is 4.49. The molecule has 24 heavy (non-hydrogen) atoms. The second-order valence-corrected chi connectivity index (χ2v) is 8.67. The van der Waals surface area contributed by atoms with E-state index in [2.05, 4.69) is 31.9 Å². The summed E-state index contributed by atoms with van der Waals surface area (Å²) in [5.74, 6) is -0.960. The molecule has 0 unspecified atom stereocenters. The van der Waals surface area contributed by atoms with Gasteiger partial charge in [0, 0.05) is 9.65 Å². The van der Waals surface area contributed by atoms with Crippen molar-refractivity contribution in [3.63, 3.8) is 0 Å². The van der Waals surface area contributed by atoms with E-state index in [1.54, 1.807) is 24.3 Å². The molecule has 126 valence electrons. The molecule has 0 radical (unpaired) electrons. The molecule has 6 atom stereocenters. The molecule has 1 aromatic carbocycles. The number of methoxy groups -OCH3 is 1. The van der Waals surface area contributed by atoms with E-state index < -0.39 is 5.97 Å². The number of anilines is 1. The fraction of sp³-hybridized carbons (Fsp3) is 0.471. The Hall–Kier alpha value is -1.21. The molecule has 1 aromatic rings. The molecule has 4 rings (SSSR count). The van der Waals surface area contributed by atoms with Gasteiger partial charge in [0.1, 0.15) is 0 Å². The van der Waals surface area contributed by atoms with Crippen LogP contribution >= 0.6 is 31.9 Å². The molecule has 1 saturated heterocycles. The van der Waals surface area contributed by atoms with Gasteiger partial charge in [-0.05, 0) is 36.5 Å². The summed E-state index contributed by atoms with van der Waals surface area (Å²) < 4.78 is 4.71. The Morgan fingerprint density at radius 3 is 2.25 bits per heavy atom. The number of hydrogen-bond acceptors (Lipinski definition) is 4. The van der Waals surface area contributed by atoms with E-state index in [-0.39, 0.29) is 45.1 Å². The lowest BCUT2D eigenvalue weighted by molar-refractivity contribution is -0.123. The van der Waals surface area contributed by atoms with Crippen molar-refractivity contribution in [2.75, 3.05) is 12.0 Å². The van der Waals surface area contributed by atoms with E-state index in [0.717, 1.165) is 6.42 Å². The van der Waals surface area contributed by atoms with E-state index in [1.807, 2.05) is 0 Å². The summed E-state index contributed by atoms with van der Waals surface area (Å²) in [5, 5.41) is 0. The number of ether oxygens (including phenoxy) is 1. The van der Waals surface area contributed by atoms with Crippen molar-refractivity contribution >= 4 is 55.3 Å². The first-order valence-electron chi connectivity index (χ1n) is 7.80. The molecule has 2 aliphatic carbocycles. The lowest BCUT2D eigenvalue weighted by atomic mass is 9.81. The number of rotatable bonds is 2. The summed E-state index contributed by atoms with van der Waals surface area (Å²) in [5.41, 5.74) is 0.770. The molecule has 0 N–H and O–H groups in total. The number of amides is 2. The number of fused-ring (bicyclic) bond motifs is 5. The summed E-state index contributed by atoms with van der Waals surface area (Å²) in [7, 11) is 1.30. The summed E-state index contributed by atoms with van der Waals surface area (Å²) >= 11 is 7.34. The molecule has 2 bridgehead atoms. The average Bonchev–Trinajstić information content (AvgIpc) is 3.19. The van der Waals surface area contributed by atoms with Crippen LogP contribution in [0.2, 0.25) is 0 Å². The van der Waals surface area contributed by atoms with Gasteiger partial charge in [0.25, 0.3) is 0 Å². The number of hydrogen-bond donors (Lipinski definition) is 0. The van der Waals surface area contributed by atoms with E-state index in [9.17, 15) is 14.4 Å². The molecular weight excluding hydrogens is 442 g/mol. The van der Waals surface area contributed by atoms with Crippen molar-refractivity contribution in [1.29, 1.82) is 0 Å². The minimum absolute atomic E-state index is 0.150. The number of benzene rings is 1. The summed E-state index contributed by atoms with van der Waals surface area (Å²) in [6.07, 6.45) is 0.898. The Kier molecular flexibility index (Phi) is 3.84. The lowest BCUT2D eigenvalue weighted by Gasteiger charge is -2.28. The maximum absolute atomic E-state index is 12.9. The van der Waals surface area contributed by atoms with Crippen LogP contribution in [0.15, 0.2) is 24.3 Å². The minimum atomic E-state index is -0.489. The Morgan fingerprint density at radius 2 is 1.71 bits per heavy atom. The molecule has 2 saturated carbocycles. The standard InChI is InChI=1S/C17H15Br2NO4/c1-24-17(23)7-3-2-4-8(5-7)20-15(21)11-9-6-10(12(11)16(20)22)14(19)13(9)18/h2-5,9-14H,6H2,1H3/t9-,10+,11-,12-,13-,14+/m0/s1. The van der Waals surface area contributed by atoms with Gasteiger partial charge in [-0.2, -0.15) is 0 Å². The largest absolute Gasteiger partial charge is 0.465 e. The summed E-state index contributed by atoms with van der Waals surface area (Å²) in [4.78, 5) is 39.3. The number of carbonyl (C=O) groups is 3. The van der Waals surface area contributed by atoms with Crippen LogP contribution < -0.4 is 4.90 Å². The molecule has 3 fully saturated rings. The highest BCUT2D eigenvalue weighted by atomic mass is 79.9. The van der Waals surface area contributed by atoms with Crippen LogP contribution in [0.25, 0.3) is 0 Å². The zero-order chi connectivity index (χ0) is 17.2. The predicted molar refractivity (Wildman–Crippen MR) is 94.3 cm³/mol. The van der Waals surface area contributed by atoms with Crippen molar-refractivity contribution in [2.24, 2.45) is 23.7 Å². The fourth-order valence-corrected chi connectivity index (χ4v) is 6.37. The summed E-state index contributed by atoms with van der Waals surface area (Å²) in [6, 6.07) is 6.49. The molecule has 0 spiro atoms. The quantitative estimate of drug-likeness (QED) is 0.390. The van der Waals surface area contributed by atoms with Crippen LogP contribution in [-0.4, -0.2) is 34.5 Å². The van der Waals surface area contributed by atoms with Gasteiger partial charge in [-0.3, -0.25) is 14.5 Å². The number of nitrogens with zero attached hydrogens (tertiary/aromatic N) is 1. The molecule has 1 aliphatic heterocycles. The first-order chi connectivity index (χ1) is 11.5. The second-order valence-electron chi connectivity index (χ2n) is 6.56. The number of carbonyl (C=O) groups excluding carboxylic acids is 3. The van der Waals surface area contributed by atoms with Crippen molar-refractivity contribution in [1.82, 2.24) is 0 Å². The molecule has 2 amide bonds. The maximum Gasteiger partial charge on any atom is 0.337 e. The van der Waals surface area contributed by atoms with Crippen LogP contribution in [0.5, 0.6) is 0 Å². The number of imide groups is 1. The lowest BCUT2D eigenvalue weighted by Crippen LogP contribution is -2.37. The number of alkyl halides is 2. The zero-order valence-electron chi connectivity index (χ0n) is 12.8. The van der Waals surface area contributed by atoms with Gasteiger partial charge >= 0.3 is 5.97 Å². The van der Waals surface area contributed by atoms with Crippen molar-refractivity contribution in [2.45, 2.75) is 16.1 Å². The third kappa shape index (κ3) is 2.07. The van der Waals surface area contributed by atoms with Gasteiger partial charge < -0.3 is 4.74 Å². The van der Waals surface area contributed by atoms with Crippen LogP contribution in [0.3, 0.4) is 0 Å². The maximum atomic E-state index is 12.9. The molecule has 0 aromatic heterocycles. The zero-order valence-corrected chi connectivity index (χ0v) is 16.0. The first-order valence-corrected chi connectivity index (χ1v) is 9.63. The Labute approximate surface area is 156 Å². The molecule has 1 heterocycles. The topological polar surface area (TPSA) is 63.7 Å². The van der Waals surface area contributed by atoms with Gasteiger partial charge in [-0.15, -0.1) is 0 Å². The van der Waals surface area contributed by atoms with Crippen molar-refractivity contribution in [3.8, 4) is 0 Å². The molecular formula is C17H15Br2NO4. The second kappa shape index (κ2) is 5.66. The first kappa shape index (κ1) is 16.3. The van der Waals surface area contributed by atoms with Gasteiger partial charge in [-0.1, -0.05) is 37.9 Å². The van der Waals surface area contributed by atoms with Gasteiger partial charge in [0.15, 0.2) is 0 Å². The third-order valence-corrected chi connectivity index (χ3v) is 8.72. The molecule has 7 heteroatoms. The van der Waals surface area contributed by atoms with Gasteiger partial charge in [-0.25, -0.2) is 4.79 Å². The highest BCUT2D eigenvalue weighted by Gasteiger charge is 2.66. The highest BCUT2D eigenvalue weighted by molar-refractivity contribution is 9.12. The van der Waals surface area contributed by atoms with Gasteiger partial charge in [0.2, 0.25) is 11.8 Å². The minimum Gasteiger partial charge on any atom is -0.465 e. The van der Waals surface area contributed by atoms with E-state index in [4.69, 9.17) is 4.74 Å². The normalized spacial score (nSPS) is 37.0. The van der Waals surface area contributed by atoms with Crippen molar-refractivity contribution < 1.29 is 19.1 Å². The highest BCUT2D eigenvalue weighted by Crippen LogP contribution is 2.60. The van der Waals surface area contributed by atoms with E-state index >= 15 is 0 Å². The van der Waals surface area contributed by atoms with E-state index in [0.29, 0.717) is 11.3 Å². The average molecular weight is 457 g/mol. The van der Waals surface area contributed by atoms with Crippen LogP contribution in [0.1, 0.15) is 16.8 Å². The van der Waals surface area contributed by atoms with Crippen LogP contribution in [-0.2, 0) is 14.3 Å².